The minimum absolute atomic E-state index is 0.170. The first-order valence-electron chi connectivity index (χ1n) is 11.8. The number of aliphatic hydroxyl groups excluding tert-OH is 1. The Balaban J connectivity index is 1.50. The third kappa shape index (κ3) is 3.37. The first-order chi connectivity index (χ1) is 17.2. The van der Waals surface area contributed by atoms with Crippen molar-refractivity contribution in [1.29, 1.82) is 0 Å². The molecule has 4 heteroatoms. The summed E-state index contributed by atoms with van der Waals surface area (Å²) in [5.41, 5.74) is 5.66. The van der Waals surface area contributed by atoms with Crippen molar-refractivity contribution in [2.45, 2.75) is 18.2 Å². The maximum atomic E-state index is 13.5. The number of nitrogens with zero attached hydrogens (tertiary/aromatic N) is 1. The van der Waals surface area contributed by atoms with Crippen LogP contribution in [-0.2, 0) is 21.7 Å². The third-order valence-corrected chi connectivity index (χ3v) is 7.03. The summed E-state index contributed by atoms with van der Waals surface area (Å²) < 4.78 is 5.77. The SMILES string of the molecule is O=C(OCc1ccccc1)[C@@H]1C=C(O)CN1C1(c2ccccc2)c2ccccc2-c2ccccc21. The van der Waals surface area contributed by atoms with Gasteiger partial charge in [0.25, 0.3) is 0 Å². The molecule has 0 unspecified atom stereocenters. The monoisotopic (exact) mass is 459 g/mol. The van der Waals surface area contributed by atoms with Crippen LogP contribution in [0.5, 0.6) is 0 Å². The smallest absolute Gasteiger partial charge is 0.327 e. The Hall–Kier alpha value is -4.15. The van der Waals surface area contributed by atoms with Crippen molar-refractivity contribution >= 4 is 5.97 Å². The fraction of sp³-hybridized carbons (Fsp3) is 0.129. The van der Waals surface area contributed by atoms with Gasteiger partial charge in [-0.15, -0.1) is 0 Å². The summed E-state index contributed by atoms with van der Waals surface area (Å²) >= 11 is 0. The van der Waals surface area contributed by atoms with Gasteiger partial charge in [0.15, 0.2) is 0 Å². The number of rotatable bonds is 5. The number of fused-ring (bicyclic) bond motifs is 3. The number of esters is 1. The van der Waals surface area contributed by atoms with Gasteiger partial charge in [-0.25, -0.2) is 4.79 Å². The van der Waals surface area contributed by atoms with Crippen molar-refractivity contribution in [1.82, 2.24) is 4.90 Å². The molecular weight excluding hydrogens is 434 g/mol. The van der Waals surface area contributed by atoms with E-state index in [1.807, 2.05) is 72.8 Å². The van der Waals surface area contributed by atoms with Crippen molar-refractivity contribution in [3.63, 3.8) is 0 Å². The lowest BCUT2D eigenvalue weighted by Gasteiger charge is -2.43. The minimum Gasteiger partial charge on any atom is -0.511 e. The van der Waals surface area contributed by atoms with Gasteiger partial charge in [-0.05, 0) is 39.5 Å². The van der Waals surface area contributed by atoms with Gasteiger partial charge < -0.3 is 9.84 Å². The van der Waals surface area contributed by atoms with E-state index >= 15 is 0 Å². The maximum Gasteiger partial charge on any atom is 0.327 e. The van der Waals surface area contributed by atoms with E-state index in [0.717, 1.165) is 33.4 Å². The van der Waals surface area contributed by atoms with Gasteiger partial charge >= 0.3 is 5.97 Å². The summed E-state index contributed by atoms with van der Waals surface area (Å²) in [5, 5.41) is 10.7. The summed E-state index contributed by atoms with van der Waals surface area (Å²) in [7, 11) is 0. The summed E-state index contributed by atoms with van der Waals surface area (Å²) in [6.07, 6.45) is 1.63. The zero-order valence-electron chi connectivity index (χ0n) is 19.2. The highest BCUT2D eigenvalue weighted by Crippen LogP contribution is 2.55. The van der Waals surface area contributed by atoms with E-state index in [1.54, 1.807) is 6.08 Å². The fourth-order valence-corrected chi connectivity index (χ4v) is 5.61. The molecule has 4 aromatic rings. The van der Waals surface area contributed by atoms with Crippen molar-refractivity contribution in [3.05, 3.63) is 143 Å². The molecule has 0 saturated carbocycles. The lowest BCUT2D eigenvalue weighted by atomic mass is 9.78. The molecule has 4 nitrogen and oxygen atoms in total. The number of hydrogen-bond donors (Lipinski definition) is 1. The van der Waals surface area contributed by atoms with Crippen LogP contribution in [0.4, 0.5) is 0 Å². The van der Waals surface area contributed by atoms with Crippen molar-refractivity contribution in [3.8, 4) is 11.1 Å². The van der Waals surface area contributed by atoms with Crippen molar-refractivity contribution < 1.29 is 14.6 Å². The molecule has 1 N–H and O–H groups in total. The van der Waals surface area contributed by atoms with Crippen molar-refractivity contribution in [2.24, 2.45) is 0 Å². The van der Waals surface area contributed by atoms with Gasteiger partial charge in [0.05, 0.1) is 12.1 Å². The number of hydrogen-bond acceptors (Lipinski definition) is 4. The normalized spacial score (nSPS) is 17.9. The average Bonchev–Trinajstić information content (AvgIpc) is 3.45. The fourth-order valence-electron chi connectivity index (χ4n) is 5.61. The average molecular weight is 460 g/mol. The summed E-state index contributed by atoms with van der Waals surface area (Å²) in [6, 6.07) is 35.8. The van der Waals surface area contributed by atoms with Crippen LogP contribution < -0.4 is 0 Å². The summed E-state index contributed by atoms with van der Waals surface area (Å²) in [4.78, 5) is 15.6. The highest BCUT2D eigenvalue weighted by atomic mass is 16.5. The van der Waals surface area contributed by atoms with E-state index in [0.29, 0.717) is 0 Å². The van der Waals surface area contributed by atoms with Crippen LogP contribution >= 0.6 is 0 Å². The molecule has 0 bridgehead atoms. The molecule has 1 atom stereocenters. The van der Waals surface area contributed by atoms with E-state index in [1.165, 1.54) is 0 Å². The first-order valence-corrected chi connectivity index (χ1v) is 11.8. The molecule has 0 saturated heterocycles. The van der Waals surface area contributed by atoms with Crippen LogP contribution in [0.2, 0.25) is 0 Å². The second-order valence-electron chi connectivity index (χ2n) is 8.99. The van der Waals surface area contributed by atoms with E-state index in [-0.39, 0.29) is 24.9 Å². The largest absolute Gasteiger partial charge is 0.511 e. The van der Waals surface area contributed by atoms with Gasteiger partial charge in [0.2, 0.25) is 0 Å². The van der Waals surface area contributed by atoms with E-state index in [4.69, 9.17) is 4.74 Å². The van der Waals surface area contributed by atoms with Crippen LogP contribution in [-0.4, -0.2) is 28.6 Å². The molecule has 0 aromatic heterocycles. The number of aliphatic hydroxyl groups is 1. The van der Waals surface area contributed by atoms with Crippen LogP contribution in [0.1, 0.15) is 22.3 Å². The van der Waals surface area contributed by atoms with E-state index in [9.17, 15) is 9.90 Å². The quantitative estimate of drug-likeness (QED) is 0.382. The number of carbonyl (C=O) groups is 1. The molecule has 4 aromatic carbocycles. The molecule has 6 rings (SSSR count). The zero-order valence-corrected chi connectivity index (χ0v) is 19.2. The number of carbonyl (C=O) groups excluding carboxylic acids is 1. The summed E-state index contributed by atoms with van der Waals surface area (Å²) in [6.45, 7) is 0.423. The lowest BCUT2D eigenvalue weighted by Crippen LogP contribution is -2.52. The molecule has 1 aliphatic heterocycles. The zero-order chi connectivity index (χ0) is 23.8. The first kappa shape index (κ1) is 21.4. The second-order valence-corrected chi connectivity index (χ2v) is 8.99. The second kappa shape index (κ2) is 8.57. The predicted molar refractivity (Wildman–Crippen MR) is 136 cm³/mol. The van der Waals surface area contributed by atoms with Crippen molar-refractivity contribution in [2.75, 3.05) is 6.54 Å². The molecule has 0 spiro atoms. The Labute approximate surface area is 204 Å². The van der Waals surface area contributed by atoms with Gasteiger partial charge in [-0.1, -0.05) is 109 Å². The highest BCUT2D eigenvalue weighted by Gasteiger charge is 2.53. The number of ether oxygens (including phenoxy) is 1. The summed E-state index contributed by atoms with van der Waals surface area (Å²) in [5.74, 6) is -0.209. The molecular formula is C31H25NO3. The Bertz CT molecular complexity index is 1370. The number of benzene rings is 4. The Kier molecular flexibility index (Phi) is 5.24. The molecule has 0 radical (unpaired) electrons. The molecule has 172 valence electrons. The van der Waals surface area contributed by atoms with Crippen LogP contribution in [0.3, 0.4) is 0 Å². The molecule has 0 amide bonds. The lowest BCUT2D eigenvalue weighted by molar-refractivity contribution is -0.150. The maximum absolute atomic E-state index is 13.5. The minimum atomic E-state index is -0.758. The molecule has 1 aliphatic carbocycles. The third-order valence-electron chi connectivity index (χ3n) is 7.03. The Morgan fingerprint density at radius 3 is 1.97 bits per heavy atom. The molecule has 0 fully saturated rings. The van der Waals surface area contributed by atoms with Crippen LogP contribution in [0, 0.1) is 0 Å². The van der Waals surface area contributed by atoms with Gasteiger partial charge in [-0.3, -0.25) is 4.90 Å². The van der Waals surface area contributed by atoms with Crippen LogP contribution in [0.25, 0.3) is 11.1 Å². The Morgan fingerprint density at radius 1 is 0.800 bits per heavy atom. The van der Waals surface area contributed by atoms with Crippen LogP contribution in [0.15, 0.2) is 121 Å². The predicted octanol–water partition coefficient (Wildman–Crippen LogP) is 5.83. The standard InChI is InChI=1S/C31H25NO3/c33-24-19-29(30(34)35-21-22-11-3-1-4-12-22)32(20-24)31(23-13-5-2-6-14-23)27-17-9-7-15-25(27)26-16-8-10-18-28(26)31/h1-19,29,33H,20-21H2/t29-/m0/s1. The van der Waals surface area contributed by atoms with E-state index in [2.05, 4.69) is 41.3 Å². The van der Waals surface area contributed by atoms with Gasteiger partial charge in [-0.2, -0.15) is 0 Å². The van der Waals surface area contributed by atoms with Gasteiger partial charge in [0.1, 0.15) is 18.4 Å². The van der Waals surface area contributed by atoms with E-state index < -0.39 is 11.6 Å². The van der Waals surface area contributed by atoms with Gasteiger partial charge in [0, 0.05) is 0 Å². The Morgan fingerprint density at radius 2 is 1.34 bits per heavy atom. The molecule has 35 heavy (non-hydrogen) atoms. The topological polar surface area (TPSA) is 49.8 Å². The highest BCUT2D eigenvalue weighted by molar-refractivity contribution is 5.85. The molecule has 1 heterocycles. The molecule has 2 aliphatic rings.